The largest absolute Gasteiger partial charge is 0.481 e. The van der Waals surface area contributed by atoms with Crippen LogP contribution < -0.4 is 0 Å². The number of carboxylic acid groups (broad SMARTS) is 1. The maximum Gasteiger partial charge on any atom is 0.410 e. The first-order chi connectivity index (χ1) is 8.79. The Bertz CT molecular complexity index is 369. The maximum absolute atomic E-state index is 13.0. The van der Waals surface area contributed by atoms with E-state index in [4.69, 9.17) is 5.11 Å². The van der Waals surface area contributed by atoms with Gasteiger partial charge < -0.3 is 9.84 Å². The van der Waals surface area contributed by atoms with Crippen LogP contribution in [0.15, 0.2) is 12.7 Å². The van der Waals surface area contributed by atoms with Crippen molar-refractivity contribution in [1.82, 2.24) is 4.90 Å². The average Bonchev–Trinajstić information content (AvgIpc) is 2.33. The highest BCUT2D eigenvalue weighted by atomic mass is 19.4. The Kier molecular flexibility index (Phi) is 4.79. The van der Waals surface area contributed by atoms with Crippen molar-refractivity contribution in [3.8, 4) is 0 Å². The van der Waals surface area contributed by atoms with E-state index in [1.165, 1.54) is 6.08 Å². The van der Waals surface area contributed by atoms with E-state index in [9.17, 15) is 22.8 Å². The number of carboxylic acids is 1. The molecule has 108 valence electrons. The number of alkyl halides is 3. The second-order valence-electron chi connectivity index (χ2n) is 4.13. The van der Waals surface area contributed by atoms with Crippen LogP contribution >= 0.6 is 0 Å². The van der Waals surface area contributed by atoms with Gasteiger partial charge in [0, 0.05) is 6.54 Å². The molecule has 0 aliphatic carbocycles. The van der Waals surface area contributed by atoms with E-state index >= 15 is 0 Å². The Morgan fingerprint density at radius 3 is 2.58 bits per heavy atom. The molecule has 1 amide bonds. The van der Waals surface area contributed by atoms with Gasteiger partial charge >= 0.3 is 18.2 Å². The first-order valence-electron chi connectivity index (χ1n) is 5.63. The molecule has 19 heavy (non-hydrogen) atoms. The van der Waals surface area contributed by atoms with E-state index in [0.717, 1.165) is 0 Å². The lowest BCUT2D eigenvalue weighted by Gasteiger charge is -2.39. The third kappa shape index (κ3) is 3.62. The lowest BCUT2D eigenvalue weighted by atomic mass is 9.89. The fourth-order valence-corrected chi connectivity index (χ4v) is 2.08. The van der Waals surface area contributed by atoms with Crippen molar-refractivity contribution in [1.29, 1.82) is 0 Å². The molecular weight excluding hydrogens is 267 g/mol. The molecular formula is C11H14F3NO4. The summed E-state index contributed by atoms with van der Waals surface area (Å²) in [5, 5.41) is 8.85. The molecule has 1 saturated heterocycles. The van der Waals surface area contributed by atoms with Gasteiger partial charge in [0.2, 0.25) is 0 Å². The van der Waals surface area contributed by atoms with E-state index in [1.807, 2.05) is 0 Å². The smallest absolute Gasteiger partial charge is 0.410 e. The van der Waals surface area contributed by atoms with E-state index in [0.29, 0.717) is 4.90 Å². The number of nitrogens with zero attached hydrogens (tertiary/aromatic N) is 1. The lowest BCUT2D eigenvalue weighted by molar-refractivity contribution is -0.205. The van der Waals surface area contributed by atoms with Gasteiger partial charge in [0.1, 0.15) is 12.6 Å². The van der Waals surface area contributed by atoms with Crippen molar-refractivity contribution in [3.63, 3.8) is 0 Å². The normalized spacial score (nSPS) is 23.8. The molecule has 2 atom stereocenters. The van der Waals surface area contributed by atoms with Gasteiger partial charge in [-0.1, -0.05) is 12.7 Å². The zero-order valence-corrected chi connectivity index (χ0v) is 10.0. The average molecular weight is 281 g/mol. The summed E-state index contributed by atoms with van der Waals surface area (Å²) in [5.41, 5.74) is 0. The van der Waals surface area contributed by atoms with Crippen LogP contribution in [0.1, 0.15) is 12.8 Å². The van der Waals surface area contributed by atoms with Crippen LogP contribution in [-0.2, 0) is 9.53 Å². The Labute approximate surface area is 107 Å². The standard InChI is InChI=1S/C11H14F3NO4/c1-2-6-19-10(18)15-5-3-4-7(9(16)17)8(15)11(12,13)14/h2,7-8H,1,3-6H2,(H,16,17)/t7-,8+/m1/s1. The van der Waals surface area contributed by atoms with E-state index < -0.39 is 30.2 Å². The monoisotopic (exact) mass is 281 g/mol. The van der Waals surface area contributed by atoms with Crippen LogP contribution in [0.2, 0.25) is 0 Å². The van der Waals surface area contributed by atoms with Crippen LogP contribution in [0.25, 0.3) is 0 Å². The molecule has 1 fully saturated rings. The van der Waals surface area contributed by atoms with Gasteiger partial charge in [-0.25, -0.2) is 4.79 Å². The van der Waals surface area contributed by atoms with Crippen LogP contribution in [0, 0.1) is 5.92 Å². The number of carbonyl (C=O) groups is 2. The van der Waals surface area contributed by atoms with E-state index in [-0.39, 0.29) is 26.0 Å². The first-order valence-corrected chi connectivity index (χ1v) is 5.63. The molecule has 1 heterocycles. The Morgan fingerprint density at radius 2 is 2.11 bits per heavy atom. The van der Waals surface area contributed by atoms with Gasteiger partial charge in [-0.05, 0) is 12.8 Å². The number of halogens is 3. The van der Waals surface area contributed by atoms with Gasteiger partial charge in [-0.3, -0.25) is 9.69 Å². The highest BCUT2D eigenvalue weighted by Crippen LogP contribution is 2.36. The van der Waals surface area contributed by atoms with Gasteiger partial charge in [-0.2, -0.15) is 13.2 Å². The Morgan fingerprint density at radius 1 is 1.47 bits per heavy atom. The number of hydrogen-bond acceptors (Lipinski definition) is 3. The van der Waals surface area contributed by atoms with Crippen LogP contribution in [0.4, 0.5) is 18.0 Å². The van der Waals surface area contributed by atoms with Crippen molar-refractivity contribution in [2.75, 3.05) is 13.2 Å². The molecule has 0 aromatic carbocycles. The second kappa shape index (κ2) is 5.94. The predicted molar refractivity (Wildman–Crippen MR) is 58.5 cm³/mol. The number of aliphatic carboxylic acids is 1. The summed E-state index contributed by atoms with van der Waals surface area (Å²) >= 11 is 0. The van der Waals surface area contributed by atoms with E-state index in [1.54, 1.807) is 0 Å². The number of likely N-dealkylation sites (tertiary alicyclic amines) is 1. The molecule has 8 heteroatoms. The fourth-order valence-electron chi connectivity index (χ4n) is 2.08. The molecule has 1 aliphatic heterocycles. The maximum atomic E-state index is 13.0. The highest BCUT2D eigenvalue weighted by molar-refractivity contribution is 5.74. The van der Waals surface area contributed by atoms with Gasteiger partial charge in [0.25, 0.3) is 0 Å². The minimum absolute atomic E-state index is 0.120. The van der Waals surface area contributed by atoms with Crippen LogP contribution in [0.5, 0.6) is 0 Å². The minimum Gasteiger partial charge on any atom is -0.481 e. The first kappa shape index (κ1) is 15.3. The van der Waals surface area contributed by atoms with Crippen molar-refractivity contribution in [3.05, 3.63) is 12.7 Å². The number of hydrogen-bond donors (Lipinski definition) is 1. The summed E-state index contributed by atoms with van der Waals surface area (Å²) in [6, 6.07) is -2.35. The van der Waals surface area contributed by atoms with Crippen molar-refractivity contribution in [2.24, 2.45) is 5.92 Å². The summed E-state index contributed by atoms with van der Waals surface area (Å²) < 4.78 is 43.4. The quantitative estimate of drug-likeness (QED) is 0.804. The number of rotatable bonds is 3. The highest BCUT2D eigenvalue weighted by Gasteiger charge is 2.54. The number of ether oxygens (including phenoxy) is 1. The predicted octanol–water partition coefficient (Wildman–Crippen LogP) is 2.04. The zero-order chi connectivity index (χ0) is 14.6. The third-order valence-electron chi connectivity index (χ3n) is 2.84. The molecule has 1 N–H and O–H groups in total. The van der Waals surface area contributed by atoms with Gasteiger partial charge in [-0.15, -0.1) is 0 Å². The molecule has 0 bridgehead atoms. The molecule has 0 saturated carbocycles. The second-order valence-corrected chi connectivity index (χ2v) is 4.13. The molecule has 1 aliphatic rings. The summed E-state index contributed by atoms with van der Waals surface area (Å²) in [4.78, 5) is 22.9. The number of piperidine rings is 1. The van der Waals surface area contributed by atoms with E-state index in [2.05, 4.69) is 11.3 Å². The number of amides is 1. The van der Waals surface area contributed by atoms with Crippen molar-refractivity contribution in [2.45, 2.75) is 25.1 Å². The number of carbonyl (C=O) groups excluding carboxylic acids is 1. The summed E-state index contributed by atoms with van der Waals surface area (Å²) in [7, 11) is 0. The van der Waals surface area contributed by atoms with Gasteiger partial charge in [0.15, 0.2) is 0 Å². The molecule has 0 aromatic rings. The topological polar surface area (TPSA) is 66.8 Å². The molecule has 5 nitrogen and oxygen atoms in total. The molecule has 0 aromatic heterocycles. The molecule has 1 rings (SSSR count). The van der Waals surface area contributed by atoms with Crippen molar-refractivity contribution < 1.29 is 32.6 Å². The molecule has 0 spiro atoms. The SMILES string of the molecule is C=CCOC(=O)N1CCC[C@@H](C(=O)O)[C@H]1C(F)(F)F. The lowest BCUT2D eigenvalue weighted by Crippen LogP contribution is -2.57. The Balaban J connectivity index is 2.96. The zero-order valence-electron chi connectivity index (χ0n) is 10.0. The molecule has 0 unspecified atom stereocenters. The van der Waals surface area contributed by atoms with Crippen molar-refractivity contribution >= 4 is 12.1 Å². The third-order valence-corrected chi connectivity index (χ3v) is 2.84. The van der Waals surface area contributed by atoms with Crippen LogP contribution in [0.3, 0.4) is 0 Å². The molecule has 0 radical (unpaired) electrons. The summed E-state index contributed by atoms with van der Waals surface area (Å²) in [6.07, 6.45) is -4.69. The Hall–Kier alpha value is -1.73. The van der Waals surface area contributed by atoms with Gasteiger partial charge in [0.05, 0.1) is 5.92 Å². The fraction of sp³-hybridized carbons (Fsp3) is 0.636. The summed E-state index contributed by atoms with van der Waals surface area (Å²) in [6.45, 7) is 2.88. The van der Waals surface area contributed by atoms with Crippen LogP contribution in [-0.4, -0.2) is 47.4 Å². The minimum atomic E-state index is -4.81. The summed E-state index contributed by atoms with van der Waals surface area (Å²) in [5.74, 6) is -3.23.